The molecule has 0 aliphatic rings. The minimum atomic E-state index is -0.0932. The first-order valence-corrected chi connectivity index (χ1v) is 7.07. The summed E-state index contributed by atoms with van der Waals surface area (Å²) in [6.07, 6.45) is 0. The normalized spacial score (nSPS) is 11.9. The van der Waals surface area contributed by atoms with Crippen molar-refractivity contribution in [1.29, 1.82) is 0 Å². The molecule has 5 heteroatoms. The fourth-order valence-electron chi connectivity index (χ4n) is 2.00. The Morgan fingerprint density at radius 3 is 2.37 bits per heavy atom. The molecule has 1 N–H and O–H groups in total. The second-order valence-corrected chi connectivity index (χ2v) is 6.70. The van der Waals surface area contributed by atoms with Crippen LogP contribution in [0.2, 0.25) is 0 Å². The van der Waals surface area contributed by atoms with E-state index in [4.69, 9.17) is 0 Å². The number of aromatic nitrogens is 2. The molecule has 0 aliphatic carbocycles. The SMILES string of the molecule is CNC(=O)c1sc2nc(C(C)(C)C)nc(C)c2c1C. The third kappa shape index (κ3) is 2.34. The molecule has 19 heavy (non-hydrogen) atoms. The van der Waals surface area contributed by atoms with Gasteiger partial charge in [-0.1, -0.05) is 20.8 Å². The minimum Gasteiger partial charge on any atom is -0.354 e. The number of carbonyl (C=O) groups excluding carboxylic acids is 1. The van der Waals surface area contributed by atoms with E-state index in [-0.39, 0.29) is 11.3 Å². The maximum atomic E-state index is 11.8. The van der Waals surface area contributed by atoms with Crippen LogP contribution >= 0.6 is 11.3 Å². The van der Waals surface area contributed by atoms with Crippen molar-refractivity contribution >= 4 is 27.5 Å². The van der Waals surface area contributed by atoms with Gasteiger partial charge in [-0.3, -0.25) is 4.79 Å². The van der Waals surface area contributed by atoms with Crippen LogP contribution in [-0.2, 0) is 5.41 Å². The number of thiophene rings is 1. The Kier molecular flexibility index (Phi) is 3.34. The number of carbonyl (C=O) groups is 1. The zero-order chi connectivity index (χ0) is 14.4. The molecule has 0 radical (unpaired) electrons. The number of nitrogens with one attached hydrogen (secondary N) is 1. The summed E-state index contributed by atoms with van der Waals surface area (Å²) in [6, 6.07) is 0. The molecular formula is C14H19N3OS. The van der Waals surface area contributed by atoms with Crippen LogP contribution in [-0.4, -0.2) is 22.9 Å². The van der Waals surface area contributed by atoms with Crippen molar-refractivity contribution in [2.75, 3.05) is 7.05 Å². The van der Waals surface area contributed by atoms with Crippen molar-refractivity contribution < 1.29 is 4.79 Å². The monoisotopic (exact) mass is 277 g/mol. The van der Waals surface area contributed by atoms with Crippen molar-refractivity contribution in [3.8, 4) is 0 Å². The molecule has 2 rings (SSSR count). The van der Waals surface area contributed by atoms with Gasteiger partial charge in [0.15, 0.2) is 0 Å². The van der Waals surface area contributed by atoms with Crippen LogP contribution in [0.3, 0.4) is 0 Å². The summed E-state index contributed by atoms with van der Waals surface area (Å²) in [6.45, 7) is 10.2. The highest BCUT2D eigenvalue weighted by molar-refractivity contribution is 7.20. The predicted octanol–water partition coefficient (Wildman–Crippen LogP) is 2.97. The van der Waals surface area contributed by atoms with Crippen molar-refractivity contribution in [3.05, 3.63) is 22.0 Å². The number of hydrogen-bond donors (Lipinski definition) is 1. The van der Waals surface area contributed by atoms with Crippen molar-refractivity contribution in [1.82, 2.24) is 15.3 Å². The Bertz CT molecular complexity index is 653. The Morgan fingerprint density at radius 1 is 1.21 bits per heavy atom. The number of fused-ring (bicyclic) bond motifs is 1. The molecule has 0 fully saturated rings. The van der Waals surface area contributed by atoms with E-state index in [1.807, 2.05) is 13.8 Å². The zero-order valence-corrected chi connectivity index (χ0v) is 13.0. The summed E-state index contributed by atoms with van der Waals surface area (Å²) < 4.78 is 0. The fraction of sp³-hybridized carbons (Fsp3) is 0.500. The summed E-state index contributed by atoms with van der Waals surface area (Å²) >= 11 is 1.44. The average molecular weight is 277 g/mol. The molecule has 0 aromatic carbocycles. The molecule has 0 unspecified atom stereocenters. The lowest BCUT2D eigenvalue weighted by molar-refractivity contribution is 0.0966. The van der Waals surface area contributed by atoms with Crippen molar-refractivity contribution in [2.24, 2.45) is 0 Å². The Hall–Kier alpha value is -1.49. The highest BCUT2D eigenvalue weighted by Gasteiger charge is 2.22. The first-order valence-electron chi connectivity index (χ1n) is 6.26. The standard InChI is InChI=1S/C14H19N3OS/c1-7-9-8(2)16-13(14(3,4)5)17-12(9)19-10(7)11(18)15-6/h1-6H3,(H,15,18). The highest BCUT2D eigenvalue weighted by Crippen LogP contribution is 2.32. The van der Waals surface area contributed by atoms with Gasteiger partial charge in [-0.15, -0.1) is 11.3 Å². The lowest BCUT2D eigenvalue weighted by Gasteiger charge is -2.16. The van der Waals surface area contributed by atoms with Crippen LogP contribution in [0.15, 0.2) is 0 Å². The third-order valence-corrected chi connectivity index (χ3v) is 4.26. The number of aryl methyl sites for hydroxylation is 2. The van der Waals surface area contributed by atoms with Gasteiger partial charge in [0.25, 0.3) is 5.91 Å². The van der Waals surface area contributed by atoms with Crippen LogP contribution < -0.4 is 5.32 Å². The molecule has 2 aromatic rings. The van der Waals surface area contributed by atoms with Crippen LogP contribution in [0.4, 0.5) is 0 Å². The van der Waals surface area contributed by atoms with E-state index in [2.05, 4.69) is 36.1 Å². The highest BCUT2D eigenvalue weighted by atomic mass is 32.1. The first-order chi connectivity index (χ1) is 8.75. The van der Waals surface area contributed by atoms with Gasteiger partial charge in [0.2, 0.25) is 0 Å². The summed E-state index contributed by atoms with van der Waals surface area (Å²) in [5.74, 6) is 0.763. The van der Waals surface area contributed by atoms with Gasteiger partial charge in [-0.2, -0.15) is 0 Å². The van der Waals surface area contributed by atoms with Crippen LogP contribution in [0.1, 0.15) is 47.5 Å². The summed E-state index contributed by atoms with van der Waals surface area (Å²) in [5.41, 5.74) is 1.82. The molecule has 1 amide bonds. The van der Waals surface area contributed by atoms with Gasteiger partial charge in [0, 0.05) is 17.8 Å². The lowest BCUT2D eigenvalue weighted by atomic mass is 9.95. The predicted molar refractivity (Wildman–Crippen MR) is 79.0 cm³/mol. The average Bonchev–Trinajstić information content (AvgIpc) is 2.65. The quantitative estimate of drug-likeness (QED) is 0.872. The number of rotatable bonds is 1. The molecule has 0 aliphatic heterocycles. The molecule has 0 bridgehead atoms. The summed E-state index contributed by atoms with van der Waals surface area (Å²) in [7, 11) is 1.64. The van der Waals surface area contributed by atoms with E-state index in [1.165, 1.54) is 11.3 Å². The first kappa shape index (κ1) is 13.9. The maximum Gasteiger partial charge on any atom is 0.261 e. The second kappa shape index (κ2) is 4.56. The Labute approximate surface area is 117 Å². The topological polar surface area (TPSA) is 54.9 Å². The number of nitrogens with zero attached hydrogens (tertiary/aromatic N) is 2. The third-order valence-electron chi connectivity index (χ3n) is 3.08. The molecule has 102 valence electrons. The minimum absolute atomic E-state index is 0.0581. The smallest absolute Gasteiger partial charge is 0.261 e. The molecule has 2 heterocycles. The fourth-order valence-corrected chi connectivity index (χ4v) is 3.18. The van der Waals surface area contributed by atoms with Gasteiger partial charge in [0.1, 0.15) is 10.7 Å². The van der Waals surface area contributed by atoms with Gasteiger partial charge in [-0.25, -0.2) is 9.97 Å². The van der Waals surface area contributed by atoms with Gasteiger partial charge in [0.05, 0.1) is 10.6 Å². The van der Waals surface area contributed by atoms with E-state index in [9.17, 15) is 4.79 Å². The largest absolute Gasteiger partial charge is 0.354 e. The van der Waals surface area contributed by atoms with E-state index in [0.717, 1.165) is 32.2 Å². The molecule has 0 spiro atoms. The molecule has 4 nitrogen and oxygen atoms in total. The van der Waals surface area contributed by atoms with E-state index < -0.39 is 0 Å². The number of hydrogen-bond acceptors (Lipinski definition) is 4. The van der Waals surface area contributed by atoms with Gasteiger partial charge >= 0.3 is 0 Å². The van der Waals surface area contributed by atoms with Crippen molar-refractivity contribution in [2.45, 2.75) is 40.0 Å². The Balaban J connectivity index is 2.74. The maximum absolute atomic E-state index is 11.8. The lowest BCUT2D eigenvalue weighted by Crippen LogP contribution is -2.17. The molecule has 0 saturated heterocycles. The molecule has 0 atom stereocenters. The van der Waals surface area contributed by atoms with E-state index in [1.54, 1.807) is 7.05 Å². The van der Waals surface area contributed by atoms with Crippen LogP contribution in [0.5, 0.6) is 0 Å². The summed E-state index contributed by atoms with van der Waals surface area (Å²) in [4.78, 5) is 22.7. The van der Waals surface area contributed by atoms with Crippen molar-refractivity contribution in [3.63, 3.8) is 0 Å². The van der Waals surface area contributed by atoms with Crippen LogP contribution in [0, 0.1) is 13.8 Å². The molecular weight excluding hydrogens is 258 g/mol. The van der Waals surface area contributed by atoms with Crippen LogP contribution in [0.25, 0.3) is 10.2 Å². The molecule has 0 saturated carbocycles. The van der Waals surface area contributed by atoms with E-state index >= 15 is 0 Å². The van der Waals surface area contributed by atoms with Gasteiger partial charge in [-0.05, 0) is 19.4 Å². The Morgan fingerprint density at radius 2 is 1.84 bits per heavy atom. The summed E-state index contributed by atoms with van der Waals surface area (Å²) in [5, 5.41) is 3.68. The molecule has 2 aromatic heterocycles. The number of amides is 1. The second-order valence-electron chi connectivity index (χ2n) is 5.70. The zero-order valence-electron chi connectivity index (χ0n) is 12.2. The van der Waals surface area contributed by atoms with E-state index in [0.29, 0.717) is 0 Å². The van der Waals surface area contributed by atoms with Gasteiger partial charge < -0.3 is 5.32 Å².